The van der Waals surface area contributed by atoms with Crippen LogP contribution >= 0.6 is 7.60 Å². The van der Waals surface area contributed by atoms with Gasteiger partial charge in [-0.05, 0) is 0 Å². The van der Waals surface area contributed by atoms with Crippen LogP contribution in [0.3, 0.4) is 0 Å². The van der Waals surface area contributed by atoms with Crippen LogP contribution in [0, 0.1) is 11.3 Å². The maximum absolute atomic E-state index is 11.8. The summed E-state index contributed by atoms with van der Waals surface area (Å²) in [6, 6.07) is 0.553. The molecule has 1 saturated heterocycles. The highest BCUT2D eigenvalue weighted by Gasteiger charge is 2.40. The van der Waals surface area contributed by atoms with Gasteiger partial charge in [0.2, 0.25) is 5.91 Å². The Morgan fingerprint density at radius 2 is 2.00 bits per heavy atom. The summed E-state index contributed by atoms with van der Waals surface area (Å²) in [6.45, 7) is 0.246. The van der Waals surface area contributed by atoms with Crippen LogP contribution in [0.25, 0.3) is 0 Å². The zero-order valence-corrected chi connectivity index (χ0v) is 11.1. The van der Waals surface area contributed by atoms with E-state index in [0.717, 1.165) is 19.1 Å². The first-order chi connectivity index (χ1) is 8.95. The minimum atomic E-state index is -3.96. The highest BCUT2D eigenvalue weighted by molar-refractivity contribution is 7.54. The van der Waals surface area contributed by atoms with Crippen LogP contribution < -0.4 is 5.32 Å². The van der Waals surface area contributed by atoms with E-state index in [1.807, 2.05) is 11.4 Å². The molecule has 1 atom stereocenters. The number of hydrogen-bond donors (Lipinski definition) is 1. The molecule has 0 aliphatic carbocycles. The zero-order chi connectivity index (χ0) is 14.5. The van der Waals surface area contributed by atoms with Gasteiger partial charge in [0, 0.05) is 0 Å². The summed E-state index contributed by atoms with van der Waals surface area (Å²) in [5.74, 6) is -0.911. The Hall–Kier alpha value is -1.50. The van der Waals surface area contributed by atoms with Crippen LogP contribution in [-0.2, 0) is 28.5 Å². The summed E-state index contributed by atoms with van der Waals surface area (Å²) >= 11 is 0. The number of imide groups is 1. The minimum absolute atomic E-state index is 0.246. The molecular formula is C8H12N3O7P. The molecule has 1 aliphatic rings. The fourth-order valence-electron chi connectivity index (χ4n) is 1.17. The van der Waals surface area contributed by atoms with E-state index in [1.165, 1.54) is 0 Å². The van der Waals surface area contributed by atoms with E-state index in [9.17, 15) is 14.2 Å². The van der Waals surface area contributed by atoms with Crippen LogP contribution in [-0.4, -0.2) is 49.8 Å². The van der Waals surface area contributed by atoms with E-state index >= 15 is 0 Å². The molecule has 0 radical (unpaired) electrons. The van der Waals surface area contributed by atoms with Crippen molar-refractivity contribution in [1.82, 2.24) is 10.2 Å². The number of hydrogen-bond acceptors (Lipinski definition) is 8. The first-order valence-electron chi connectivity index (χ1n) is 4.99. The first kappa shape index (κ1) is 15.6. The molecule has 1 aliphatic heterocycles. The standard InChI is InChI=1S/C8H12N3O7P/c1-15-17-19(14,18-16-2)5-7(12)10-8(13)11-4-6(11)3-9/h6H,4-5H2,1-2H3,(H,10,12,13). The van der Waals surface area contributed by atoms with Crippen LogP contribution in [0.5, 0.6) is 0 Å². The van der Waals surface area contributed by atoms with E-state index in [-0.39, 0.29) is 6.54 Å². The van der Waals surface area contributed by atoms with Gasteiger partial charge in [-0.1, -0.05) is 0 Å². The Morgan fingerprint density at radius 3 is 2.42 bits per heavy atom. The Labute approximate surface area is 108 Å². The lowest BCUT2D eigenvalue weighted by Gasteiger charge is -2.13. The van der Waals surface area contributed by atoms with Crippen molar-refractivity contribution >= 4 is 19.5 Å². The number of nitriles is 1. The van der Waals surface area contributed by atoms with Crippen LogP contribution in [0.15, 0.2) is 0 Å². The third kappa shape index (κ3) is 4.59. The van der Waals surface area contributed by atoms with Crippen molar-refractivity contribution in [2.75, 3.05) is 26.9 Å². The van der Waals surface area contributed by atoms with Crippen molar-refractivity contribution in [2.45, 2.75) is 6.04 Å². The monoisotopic (exact) mass is 293 g/mol. The maximum atomic E-state index is 11.8. The van der Waals surface area contributed by atoms with Gasteiger partial charge in [0.05, 0.1) is 26.8 Å². The van der Waals surface area contributed by atoms with Gasteiger partial charge in [0.1, 0.15) is 12.2 Å². The summed E-state index contributed by atoms with van der Waals surface area (Å²) in [7, 11) is -1.81. The molecule has 11 heteroatoms. The van der Waals surface area contributed by atoms with Gasteiger partial charge in [-0.25, -0.2) is 14.6 Å². The second kappa shape index (κ2) is 6.60. The number of carbonyl (C=O) groups excluding carboxylic acids is 2. The lowest BCUT2D eigenvalue weighted by atomic mass is 10.5. The molecule has 1 heterocycles. The van der Waals surface area contributed by atoms with Crippen molar-refractivity contribution < 1.29 is 33.3 Å². The van der Waals surface area contributed by atoms with Gasteiger partial charge in [0.15, 0.2) is 0 Å². The smallest absolute Gasteiger partial charge is 0.303 e. The highest BCUT2D eigenvalue weighted by atomic mass is 31.2. The predicted octanol–water partition coefficient (Wildman–Crippen LogP) is -0.221. The highest BCUT2D eigenvalue weighted by Crippen LogP contribution is 2.47. The molecule has 1 unspecified atom stereocenters. The van der Waals surface area contributed by atoms with E-state index in [0.29, 0.717) is 0 Å². The van der Waals surface area contributed by atoms with E-state index in [4.69, 9.17) is 5.26 Å². The van der Waals surface area contributed by atoms with Crippen molar-refractivity contribution in [3.63, 3.8) is 0 Å². The molecule has 0 aromatic heterocycles. The SMILES string of the molecule is COOP(=O)(CC(=O)NC(=O)N1CC1C#N)OOC. The summed E-state index contributed by atoms with van der Waals surface area (Å²) in [5, 5.41) is 10.4. The average Bonchev–Trinajstić information content (AvgIpc) is 3.07. The second-order valence-corrected chi connectivity index (χ2v) is 5.24. The van der Waals surface area contributed by atoms with Gasteiger partial charge in [-0.15, -0.1) is 9.35 Å². The molecule has 0 bridgehead atoms. The van der Waals surface area contributed by atoms with Gasteiger partial charge >= 0.3 is 13.6 Å². The van der Waals surface area contributed by atoms with Gasteiger partial charge in [-0.3, -0.25) is 14.7 Å². The molecule has 0 aromatic carbocycles. The van der Waals surface area contributed by atoms with Gasteiger partial charge < -0.3 is 4.90 Å². The van der Waals surface area contributed by atoms with E-state index in [2.05, 4.69) is 19.1 Å². The van der Waals surface area contributed by atoms with Crippen molar-refractivity contribution in [3.05, 3.63) is 0 Å². The number of nitrogens with zero attached hydrogens (tertiary/aromatic N) is 2. The predicted molar refractivity (Wildman–Crippen MR) is 58.3 cm³/mol. The van der Waals surface area contributed by atoms with Crippen molar-refractivity contribution in [2.24, 2.45) is 0 Å². The number of amides is 3. The topological polar surface area (TPSA) is 127 Å². The summed E-state index contributed by atoms with van der Waals surface area (Å²) in [4.78, 5) is 32.3. The molecule has 3 amide bonds. The Bertz CT molecular complexity index is 438. The average molecular weight is 293 g/mol. The fraction of sp³-hybridized carbons (Fsp3) is 0.625. The third-order valence-corrected chi connectivity index (χ3v) is 3.41. The lowest BCUT2D eigenvalue weighted by Crippen LogP contribution is -2.36. The molecule has 19 heavy (non-hydrogen) atoms. The number of rotatable bonds is 6. The molecule has 106 valence electrons. The minimum Gasteiger partial charge on any atom is -0.303 e. The summed E-state index contributed by atoms with van der Waals surface area (Å²) < 4.78 is 20.4. The van der Waals surface area contributed by atoms with Crippen LogP contribution in [0.2, 0.25) is 0 Å². The lowest BCUT2D eigenvalue weighted by molar-refractivity contribution is -0.241. The Morgan fingerprint density at radius 1 is 1.42 bits per heavy atom. The second-order valence-electron chi connectivity index (χ2n) is 3.40. The molecule has 1 N–H and O–H groups in total. The zero-order valence-electron chi connectivity index (χ0n) is 10.2. The van der Waals surface area contributed by atoms with Gasteiger partial charge in [-0.2, -0.15) is 5.26 Å². The van der Waals surface area contributed by atoms with Crippen molar-refractivity contribution in [1.29, 1.82) is 5.26 Å². The van der Waals surface area contributed by atoms with Gasteiger partial charge in [0.25, 0.3) is 0 Å². The molecular weight excluding hydrogens is 281 g/mol. The van der Waals surface area contributed by atoms with Crippen LogP contribution in [0.4, 0.5) is 4.79 Å². The molecule has 0 aromatic rings. The number of nitrogens with one attached hydrogen (secondary N) is 1. The Balaban J connectivity index is 2.47. The maximum Gasteiger partial charge on any atom is 0.393 e. The Kier molecular flexibility index (Phi) is 5.41. The first-order valence-corrected chi connectivity index (χ1v) is 6.72. The number of carbonyl (C=O) groups is 2. The quantitative estimate of drug-likeness (QED) is 0.308. The summed E-state index contributed by atoms with van der Waals surface area (Å²) in [5.41, 5.74) is 0. The summed E-state index contributed by atoms with van der Waals surface area (Å²) in [6.07, 6.45) is -0.772. The molecule has 1 rings (SSSR count). The van der Waals surface area contributed by atoms with E-state index in [1.54, 1.807) is 0 Å². The third-order valence-electron chi connectivity index (χ3n) is 1.98. The molecule has 1 fully saturated rings. The number of urea groups is 1. The largest absolute Gasteiger partial charge is 0.393 e. The molecule has 0 saturated carbocycles. The fourth-order valence-corrected chi connectivity index (χ4v) is 2.19. The molecule has 10 nitrogen and oxygen atoms in total. The molecule has 0 spiro atoms. The normalized spacial score (nSPS) is 17.7. The van der Waals surface area contributed by atoms with E-state index < -0.39 is 31.7 Å². The van der Waals surface area contributed by atoms with Crippen molar-refractivity contribution in [3.8, 4) is 6.07 Å². The van der Waals surface area contributed by atoms with Crippen LogP contribution in [0.1, 0.15) is 0 Å².